The molecule has 3 fully saturated rings. The summed E-state index contributed by atoms with van der Waals surface area (Å²) in [5.41, 5.74) is 0.0521. The predicted molar refractivity (Wildman–Crippen MR) is 102 cm³/mol. The van der Waals surface area contributed by atoms with E-state index in [9.17, 15) is 0 Å². The summed E-state index contributed by atoms with van der Waals surface area (Å²) in [5, 5.41) is 0.632. The molecule has 1 spiro atoms. The molecule has 26 heavy (non-hydrogen) atoms. The molecule has 0 saturated carbocycles. The van der Waals surface area contributed by atoms with Crippen LogP contribution in [0.2, 0.25) is 5.02 Å². The van der Waals surface area contributed by atoms with Crippen molar-refractivity contribution in [3.05, 3.63) is 17.3 Å². The van der Waals surface area contributed by atoms with Gasteiger partial charge in [0.15, 0.2) is 0 Å². The summed E-state index contributed by atoms with van der Waals surface area (Å²) in [6.45, 7) is 4.94. The molecular formula is C18H26ClN3O3S. The van der Waals surface area contributed by atoms with E-state index in [1.807, 2.05) is 6.07 Å². The van der Waals surface area contributed by atoms with Crippen molar-refractivity contribution in [2.75, 3.05) is 47.0 Å². The van der Waals surface area contributed by atoms with E-state index in [0.717, 1.165) is 56.9 Å². The van der Waals surface area contributed by atoms with Gasteiger partial charge in [0.25, 0.3) is 0 Å². The van der Waals surface area contributed by atoms with Crippen LogP contribution >= 0.6 is 23.5 Å². The quantitative estimate of drug-likeness (QED) is 0.705. The summed E-state index contributed by atoms with van der Waals surface area (Å²) >= 11 is 7.77. The Balaban J connectivity index is 1.30. The maximum Gasteiger partial charge on any atom is 0.228 e. The van der Waals surface area contributed by atoms with Gasteiger partial charge in [0.05, 0.1) is 35.3 Å². The monoisotopic (exact) mass is 399 g/mol. The zero-order chi connectivity index (χ0) is 18.1. The molecule has 0 amide bonds. The summed E-state index contributed by atoms with van der Waals surface area (Å²) < 4.78 is 19.4. The van der Waals surface area contributed by atoms with Crippen LogP contribution in [0.1, 0.15) is 19.3 Å². The third-order valence-electron chi connectivity index (χ3n) is 5.75. The summed E-state index contributed by atoms with van der Waals surface area (Å²) in [6.07, 6.45) is 5.30. The number of pyridine rings is 1. The van der Waals surface area contributed by atoms with Crippen LogP contribution in [0, 0.1) is 0 Å². The van der Waals surface area contributed by atoms with Crippen molar-refractivity contribution in [2.45, 2.75) is 41.9 Å². The van der Waals surface area contributed by atoms with Crippen LogP contribution in [0.3, 0.4) is 0 Å². The molecular weight excluding hydrogens is 374 g/mol. The van der Waals surface area contributed by atoms with Crippen molar-refractivity contribution in [1.82, 2.24) is 14.2 Å². The van der Waals surface area contributed by atoms with Crippen LogP contribution in [0.4, 0.5) is 0 Å². The molecule has 8 heteroatoms. The van der Waals surface area contributed by atoms with Crippen LogP contribution in [-0.4, -0.2) is 78.9 Å². The van der Waals surface area contributed by atoms with Gasteiger partial charge in [-0.25, -0.2) is 9.29 Å². The Morgan fingerprint density at radius 2 is 2.08 bits per heavy atom. The zero-order valence-corrected chi connectivity index (χ0v) is 16.9. The summed E-state index contributed by atoms with van der Waals surface area (Å²) in [4.78, 5) is 7.72. The highest BCUT2D eigenvalue weighted by atomic mass is 35.5. The van der Waals surface area contributed by atoms with Crippen molar-refractivity contribution in [1.29, 1.82) is 0 Å². The minimum Gasteiger partial charge on any atom is -0.480 e. The number of methoxy groups -OCH3 is 2. The number of halogens is 1. The molecule has 0 N–H and O–H groups in total. The Labute approximate surface area is 164 Å². The number of aromatic nitrogens is 1. The van der Waals surface area contributed by atoms with Gasteiger partial charge in [-0.05, 0) is 37.3 Å². The largest absolute Gasteiger partial charge is 0.480 e. The SMILES string of the molecule is COc1ncc(Cl)cc1SN1CCC2(CC1)CC(N1CC(OC)C1)CO2. The van der Waals surface area contributed by atoms with E-state index in [2.05, 4.69) is 14.2 Å². The van der Waals surface area contributed by atoms with Crippen LogP contribution in [0.5, 0.6) is 5.88 Å². The lowest BCUT2D eigenvalue weighted by Gasteiger charge is -2.42. The second-order valence-electron chi connectivity index (χ2n) is 7.34. The number of hydrogen-bond acceptors (Lipinski definition) is 7. The van der Waals surface area contributed by atoms with Gasteiger partial charge in [-0.3, -0.25) is 4.90 Å². The molecule has 3 aliphatic rings. The van der Waals surface area contributed by atoms with Gasteiger partial charge in [-0.2, -0.15) is 0 Å². The van der Waals surface area contributed by atoms with Crippen LogP contribution < -0.4 is 4.74 Å². The summed E-state index contributed by atoms with van der Waals surface area (Å²) in [5.74, 6) is 0.627. The molecule has 4 rings (SSSR count). The Bertz CT molecular complexity index is 636. The predicted octanol–water partition coefficient (Wildman–Crippen LogP) is 2.70. The van der Waals surface area contributed by atoms with Crippen LogP contribution in [0.15, 0.2) is 17.2 Å². The van der Waals surface area contributed by atoms with Crippen molar-refractivity contribution < 1.29 is 14.2 Å². The van der Waals surface area contributed by atoms with Crippen molar-refractivity contribution in [3.63, 3.8) is 0 Å². The van der Waals surface area contributed by atoms with Gasteiger partial charge in [-0.1, -0.05) is 11.6 Å². The molecule has 6 nitrogen and oxygen atoms in total. The van der Waals surface area contributed by atoms with E-state index in [-0.39, 0.29) is 5.60 Å². The van der Waals surface area contributed by atoms with Gasteiger partial charge in [0.2, 0.25) is 5.88 Å². The van der Waals surface area contributed by atoms with Gasteiger partial charge in [0.1, 0.15) is 0 Å². The molecule has 1 aromatic heterocycles. The second-order valence-corrected chi connectivity index (χ2v) is 8.92. The molecule has 3 saturated heterocycles. The number of hydrogen-bond donors (Lipinski definition) is 0. The molecule has 1 unspecified atom stereocenters. The lowest BCUT2D eigenvalue weighted by atomic mass is 9.87. The standard InChI is InChI=1S/C18H26ClN3O3S/c1-23-15-10-21(11-15)14-8-18(25-12-14)3-5-22(6-4-18)26-16-7-13(19)9-20-17(16)24-2/h7,9,14-15H,3-6,8,10-12H2,1-2H3. The zero-order valence-electron chi connectivity index (χ0n) is 15.3. The third-order valence-corrected chi connectivity index (χ3v) is 7.07. The molecule has 0 radical (unpaired) electrons. The Hall–Kier alpha value is -0.570. The maximum absolute atomic E-state index is 6.31. The topological polar surface area (TPSA) is 47.1 Å². The summed E-state index contributed by atoms with van der Waals surface area (Å²) in [7, 11) is 3.44. The average Bonchev–Trinajstić information content (AvgIpc) is 3.00. The molecule has 1 atom stereocenters. The van der Waals surface area contributed by atoms with Gasteiger partial charge in [-0.15, -0.1) is 0 Å². The van der Waals surface area contributed by atoms with Crippen molar-refractivity contribution in [3.8, 4) is 5.88 Å². The summed E-state index contributed by atoms with van der Waals surface area (Å²) in [6, 6.07) is 2.47. The number of nitrogens with zero attached hydrogens (tertiary/aromatic N) is 3. The van der Waals surface area contributed by atoms with Crippen molar-refractivity contribution >= 4 is 23.5 Å². The Morgan fingerprint density at radius 3 is 2.77 bits per heavy atom. The van der Waals surface area contributed by atoms with Crippen LogP contribution in [-0.2, 0) is 9.47 Å². The van der Waals surface area contributed by atoms with Crippen LogP contribution in [0.25, 0.3) is 0 Å². The molecule has 1 aromatic rings. The number of likely N-dealkylation sites (tertiary alicyclic amines) is 1. The number of ether oxygens (including phenoxy) is 3. The molecule has 4 heterocycles. The molecule has 3 aliphatic heterocycles. The van der Waals surface area contributed by atoms with E-state index in [1.54, 1.807) is 32.4 Å². The van der Waals surface area contributed by atoms with Gasteiger partial charge < -0.3 is 14.2 Å². The lowest BCUT2D eigenvalue weighted by Crippen LogP contribution is -2.56. The van der Waals surface area contributed by atoms with Gasteiger partial charge in [0, 0.05) is 45.5 Å². The first-order valence-corrected chi connectivity index (χ1v) is 10.3. The highest BCUT2D eigenvalue weighted by molar-refractivity contribution is 7.97. The Morgan fingerprint density at radius 1 is 1.31 bits per heavy atom. The first kappa shape index (κ1) is 18.8. The van der Waals surface area contributed by atoms with E-state index >= 15 is 0 Å². The van der Waals surface area contributed by atoms with Crippen molar-refractivity contribution in [2.24, 2.45) is 0 Å². The highest BCUT2D eigenvalue weighted by Crippen LogP contribution is 2.42. The first-order chi connectivity index (χ1) is 12.6. The third kappa shape index (κ3) is 3.84. The molecule has 0 aromatic carbocycles. The van der Waals surface area contributed by atoms with E-state index in [0.29, 0.717) is 23.0 Å². The average molecular weight is 400 g/mol. The van der Waals surface area contributed by atoms with E-state index in [1.165, 1.54) is 0 Å². The fraction of sp³-hybridized carbons (Fsp3) is 0.722. The molecule has 0 bridgehead atoms. The second kappa shape index (κ2) is 7.81. The van der Waals surface area contributed by atoms with Gasteiger partial charge >= 0.3 is 0 Å². The number of piperidine rings is 1. The Kier molecular flexibility index (Phi) is 5.64. The maximum atomic E-state index is 6.31. The minimum absolute atomic E-state index is 0.0521. The molecule has 144 valence electrons. The normalized spacial score (nSPS) is 27.0. The van der Waals surface area contributed by atoms with E-state index < -0.39 is 0 Å². The smallest absolute Gasteiger partial charge is 0.228 e. The van der Waals surface area contributed by atoms with E-state index in [4.69, 9.17) is 25.8 Å². The first-order valence-electron chi connectivity index (χ1n) is 9.14. The lowest BCUT2D eigenvalue weighted by molar-refractivity contribution is -0.0535. The fourth-order valence-electron chi connectivity index (χ4n) is 4.07. The fourth-order valence-corrected chi connectivity index (χ4v) is 5.33. The molecule has 0 aliphatic carbocycles. The number of rotatable bonds is 5. The minimum atomic E-state index is 0.0521. The highest BCUT2D eigenvalue weighted by Gasteiger charge is 2.46.